The maximum Gasteiger partial charge on any atom is 0.293 e. The van der Waals surface area contributed by atoms with Gasteiger partial charge in [0.1, 0.15) is 11.4 Å². The molecule has 23 heavy (non-hydrogen) atoms. The second-order valence-electron chi connectivity index (χ2n) is 5.04. The molecule has 0 saturated heterocycles. The van der Waals surface area contributed by atoms with Crippen molar-refractivity contribution in [3.8, 4) is 0 Å². The highest BCUT2D eigenvalue weighted by molar-refractivity contribution is 5.95. The van der Waals surface area contributed by atoms with Crippen molar-refractivity contribution in [1.29, 1.82) is 0 Å². The molecule has 0 aliphatic rings. The molecule has 2 aromatic rings. The Balaban J connectivity index is 2.31. The number of carbonyl (C=O) groups is 1. The molecule has 0 fully saturated rings. The molecular weight excluding hydrogens is 300 g/mol. The number of hydrogen-bond donors (Lipinski definition) is 1. The van der Waals surface area contributed by atoms with Gasteiger partial charge < -0.3 is 14.5 Å². The molecular formula is C16H18N2O5. The molecule has 0 aliphatic heterocycles. The fraction of sp³-hybridized carbons (Fsp3) is 0.312. The first kappa shape index (κ1) is 16.7. The Bertz CT molecular complexity index is 682. The summed E-state index contributed by atoms with van der Waals surface area (Å²) in [5, 5.41) is 14.4. The number of hydrogen-bond acceptors (Lipinski definition) is 6. The van der Waals surface area contributed by atoms with Crippen molar-refractivity contribution in [2.24, 2.45) is 0 Å². The molecule has 1 heterocycles. The molecule has 1 aromatic heterocycles. The summed E-state index contributed by atoms with van der Waals surface area (Å²) < 4.78 is 10.5. The highest BCUT2D eigenvalue weighted by Gasteiger charge is 2.21. The smallest absolute Gasteiger partial charge is 0.293 e. The van der Waals surface area contributed by atoms with E-state index >= 15 is 0 Å². The normalized spacial score (nSPS) is 11.9. The topological polar surface area (TPSA) is 94.6 Å². The molecule has 7 heteroatoms. The van der Waals surface area contributed by atoms with Gasteiger partial charge in [-0.2, -0.15) is 0 Å². The van der Waals surface area contributed by atoms with E-state index < -0.39 is 4.92 Å². The quantitative estimate of drug-likeness (QED) is 0.454. The lowest BCUT2D eigenvalue weighted by atomic mass is 10.1. The van der Waals surface area contributed by atoms with E-state index in [0.717, 1.165) is 0 Å². The highest BCUT2D eigenvalue weighted by Crippen LogP contribution is 2.31. The number of anilines is 1. The zero-order valence-corrected chi connectivity index (χ0v) is 12.9. The Morgan fingerprint density at radius 1 is 1.43 bits per heavy atom. The van der Waals surface area contributed by atoms with Crippen LogP contribution in [-0.2, 0) is 4.74 Å². The van der Waals surface area contributed by atoms with Gasteiger partial charge in [0.25, 0.3) is 5.69 Å². The van der Waals surface area contributed by atoms with Gasteiger partial charge in [0.2, 0.25) is 0 Å². The molecule has 0 saturated carbocycles. The number of ether oxygens (including phenoxy) is 1. The van der Waals surface area contributed by atoms with Gasteiger partial charge in [-0.1, -0.05) is 0 Å². The van der Waals surface area contributed by atoms with Crippen LogP contribution in [0.25, 0.3) is 0 Å². The van der Waals surface area contributed by atoms with Crippen LogP contribution >= 0.6 is 0 Å². The Morgan fingerprint density at radius 2 is 2.22 bits per heavy atom. The SMILES string of the molecule is COCC[C@@H](Nc1ccc(C(C)=O)cc1[N+](=O)[O-])c1ccco1. The predicted molar refractivity (Wildman–Crippen MR) is 84.7 cm³/mol. The van der Waals surface area contributed by atoms with Gasteiger partial charge >= 0.3 is 0 Å². The molecule has 0 spiro atoms. The minimum Gasteiger partial charge on any atom is -0.467 e. The second-order valence-corrected chi connectivity index (χ2v) is 5.04. The summed E-state index contributed by atoms with van der Waals surface area (Å²) in [6.07, 6.45) is 2.12. The van der Waals surface area contributed by atoms with Crippen LogP contribution in [0.15, 0.2) is 41.0 Å². The molecule has 0 aliphatic carbocycles. The average Bonchev–Trinajstić information content (AvgIpc) is 3.05. The third-order valence-electron chi connectivity index (χ3n) is 3.43. The monoisotopic (exact) mass is 318 g/mol. The van der Waals surface area contributed by atoms with Gasteiger partial charge in [0, 0.05) is 25.3 Å². The van der Waals surface area contributed by atoms with Crippen LogP contribution in [0.3, 0.4) is 0 Å². The van der Waals surface area contributed by atoms with Gasteiger partial charge in [0.15, 0.2) is 5.78 Å². The summed E-state index contributed by atoms with van der Waals surface area (Å²) in [7, 11) is 1.59. The molecule has 122 valence electrons. The van der Waals surface area contributed by atoms with Crippen LogP contribution in [0, 0.1) is 10.1 Å². The molecule has 1 aromatic carbocycles. The van der Waals surface area contributed by atoms with Crippen molar-refractivity contribution >= 4 is 17.2 Å². The van der Waals surface area contributed by atoms with Gasteiger partial charge in [-0.3, -0.25) is 14.9 Å². The van der Waals surface area contributed by atoms with Crippen molar-refractivity contribution in [2.75, 3.05) is 19.0 Å². The van der Waals surface area contributed by atoms with Gasteiger partial charge in [-0.05, 0) is 37.6 Å². The van der Waals surface area contributed by atoms with E-state index in [1.165, 1.54) is 19.1 Å². The maximum atomic E-state index is 11.4. The largest absolute Gasteiger partial charge is 0.467 e. The minimum absolute atomic E-state index is 0.147. The first-order valence-corrected chi connectivity index (χ1v) is 7.11. The van der Waals surface area contributed by atoms with E-state index in [0.29, 0.717) is 30.0 Å². The van der Waals surface area contributed by atoms with Crippen LogP contribution in [-0.4, -0.2) is 24.4 Å². The number of methoxy groups -OCH3 is 1. The number of furan rings is 1. The lowest BCUT2D eigenvalue weighted by Crippen LogP contribution is -2.14. The lowest BCUT2D eigenvalue weighted by Gasteiger charge is -2.17. The first-order valence-electron chi connectivity index (χ1n) is 7.11. The summed E-state index contributed by atoms with van der Waals surface area (Å²) in [6, 6.07) is 7.66. The first-order chi connectivity index (χ1) is 11.0. The number of nitro groups is 1. The van der Waals surface area contributed by atoms with Crippen LogP contribution < -0.4 is 5.32 Å². The molecule has 0 bridgehead atoms. The Morgan fingerprint density at radius 3 is 2.78 bits per heavy atom. The summed E-state index contributed by atoms with van der Waals surface area (Å²) >= 11 is 0. The third kappa shape index (κ3) is 4.17. The lowest BCUT2D eigenvalue weighted by molar-refractivity contribution is -0.384. The van der Waals surface area contributed by atoms with Crippen LogP contribution in [0.1, 0.15) is 35.5 Å². The third-order valence-corrected chi connectivity index (χ3v) is 3.43. The van der Waals surface area contributed by atoms with Crippen molar-refractivity contribution in [1.82, 2.24) is 0 Å². The molecule has 0 unspecified atom stereocenters. The number of rotatable bonds is 8. The summed E-state index contributed by atoms with van der Waals surface area (Å²) in [4.78, 5) is 22.2. The fourth-order valence-electron chi connectivity index (χ4n) is 2.22. The predicted octanol–water partition coefficient (Wildman–Crippen LogP) is 3.58. The van der Waals surface area contributed by atoms with Crippen LogP contribution in [0.5, 0.6) is 0 Å². The summed E-state index contributed by atoms with van der Waals surface area (Å²) in [6.45, 7) is 1.84. The molecule has 1 atom stereocenters. The fourth-order valence-corrected chi connectivity index (χ4v) is 2.22. The number of benzene rings is 1. The maximum absolute atomic E-state index is 11.4. The molecule has 0 radical (unpaired) electrons. The van der Waals surface area contributed by atoms with Crippen molar-refractivity contribution in [3.05, 3.63) is 58.0 Å². The van der Waals surface area contributed by atoms with E-state index in [4.69, 9.17) is 9.15 Å². The van der Waals surface area contributed by atoms with E-state index in [-0.39, 0.29) is 17.5 Å². The van der Waals surface area contributed by atoms with E-state index in [9.17, 15) is 14.9 Å². The van der Waals surface area contributed by atoms with Crippen molar-refractivity contribution < 1.29 is 18.9 Å². The van der Waals surface area contributed by atoms with E-state index in [2.05, 4.69) is 5.32 Å². The van der Waals surface area contributed by atoms with Gasteiger partial charge in [-0.15, -0.1) is 0 Å². The van der Waals surface area contributed by atoms with E-state index in [1.807, 2.05) is 0 Å². The number of Topliss-reactive ketones (excluding diaryl/α,β-unsaturated/α-hetero) is 1. The van der Waals surface area contributed by atoms with Gasteiger partial charge in [-0.25, -0.2) is 0 Å². The van der Waals surface area contributed by atoms with Crippen LogP contribution in [0.2, 0.25) is 0 Å². The Labute approximate surface area is 133 Å². The van der Waals surface area contributed by atoms with Crippen molar-refractivity contribution in [3.63, 3.8) is 0 Å². The Hall–Kier alpha value is -2.67. The minimum atomic E-state index is -0.510. The molecule has 1 N–H and O–H groups in total. The number of nitrogens with one attached hydrogen (secondary N) is 1. The zero-order chi connectivity index (χ0) is 16.8. The molecule has 7 nitrogen and oxygen atoms in total. The molecule has 0 amide bonds. The summed E-state index contributed by atoms with van der Waals surface area (Å²) in [5.41, 5.74) is 0.484. The zero-order valence-electron chi connectivity index (χ0n) is 12.9. The van der Waals surface area contributed by atoms with Crippen LogP contribution in [0.4, 0.5) is 11.4 Å². The number of ketones is 1. The van der Waals surface area contributed by atoms with Gasteiger partial charge in [0.05, 0.1) is 17.2 Å². The highest BCUT2D eigenvalue weighted by atomic mass is 16.6. The number of nitro benzene ring substituents is 1. The standard InChI is InChI=1S/C16H18N2O5/c1-11(19)12-5-6-13(15(10-12)18(20)21)17-14(7-9-22-2)16-4-3-8-23-16/h3-6,8,10,14,17H,7,9H2,1-2H3/t14-/m1/s1. The summed E-state index contributed by atoms with van der Waals surface area (Å²) in [5.74, 6) is 0.439. The average molecular weight is 318 g/mol. The number of nitrogens with zero attached hydrogens (tertiary/aromatic N) is 1. The van der Waals surface area contributed by atoms with Crippen molar-refractivity contribution in [2.45, 2.75) is 19.4 Å². The number of carbonyl (C=O) groups excluding carboxylic acids is 1. The van der Waals surface area contributed by atoms with E-state index in [1.54, 1.807) is 31.6 Å². The Kier molecular flexibility index (Phi) is 5.48. The second kappa shape index (κ2) is 7.55. The molecule has 2 rings (SSSR count).